The minimum Gasteiger partial charge on any atom is -0.303 e. The van der Waals surface area contributed by atoms with Crippen molar-refractivity contribution < 1.29 is 9.59 Å². The minimum absolute atomic E-state index is 0.435. The van der Waals surface area contributed by atoms with E-state index in [1.807, 2.05) is 0 Å². The Morgan fingerprint density at radius 3 is 2.00 bits per heavy atom. The van der Waals surface area contributed by atoms with E-state index in [0.717, 1.165) is 0 Å². The number of halogens is 3. The zero-order valence-electron chi connectivity index (χ0n) is 5.11. The highest BCUT2D eigenvalue weighted by Gasteiger charge is 2.33. The van der Waals surface area contributed by atoms with Gasteiger partial charge in [-0.15, -0.1) is 0 Å². The molecule has 0 heterocycles. The Bertz CT molecular complexity index is 149. The van der Waals surface area contributed by atoms with Crippen LogP contribution in [0.1, 0.15) is 6.92 Å². The molecule has 0 saturated carbocycles. The van der Waals surface area contributed by atoms with Crippen LogP contribution in [0.15, 0.2) is 0 Å². The number of rotatable bonds is 2. The number of carbonyl (C=O) groups is 2. The second-order valence-electron chi connectivity index (χ2n) is 1.79. The normalized spacial score (nSPS) is 14.4. The van der Waals surface area contributed by atoms with Crippen molar-refractivity contribution in [3.8, 4) is 0 Å². The summed E-state index contributed by atoms with van der Waals surface area (Å²) in [7, 11) is 0. The average molecular weight is 203 g/mol. The van der Waals surface area contributed by atoms with E-state index in [0.29, 0.717) is 6.29 Å². The maximum absolute atomic E-state index is 10.8. The molecule has 0 aliphatic carbocycles. The molecule has 0 radical (unpaired) electrons. The van der Waals surface area contributed by atoms with Crippen LogP contribution in [0.3, 0.4) is 0 Å². The van der Waals surface area contributed by atoms with Crippen LogP contribution in [0.4, 0.5) is 0 Å². The molecular formula is C5H5Cl3O2. The molecule has 0 fully saturated rings. The first-order valence-corrected chi connectivity index (χ1v) is 3.59. The van der Waals surface area contributed by atoms with E-state index >= 15 is 0 Å². The number of carbonyl (C=O) groups excluding carboxylic acids is 2. The monoisotopic (exact) mass is 202 g/mol. The lowest BCUT2D eigenvalue weighted by Crippen LogP contribution is -2.26. The van der Waals surface area contributed by atoms with Crippen LogP contribution in [0, 0.1) is 5.92 Å². The Morgan fingerprint density at radius 1 is 1.50 bits per heavy atom. The van der Waals surface area contributed by atoms with Crippen LogP contribution in [0.2, 0.25) is 0 Å². The van der Waals surface area contributed by atoms with Crippen LogP contribution < -0.4 is 0 Å². The number of ketones is 1. The van der Waals surface area contributed by atoms with Crippen LogP contribution in [-0.2, 0) is 9.59 Å². The van der Waals surface area contributed by atoms with Crippen LogP contribution in [-0.4, -0.2) is 15.9 Å². The molecule has 58 valence electrons. The maximum Gasteiger partial charge on any atom is 0.249 e. The van der Waals surface area contributed by atoms with E-state index in [-0.39, 0.29) is 0 Å². The first-order chi connectivity index (χ1) is 4.39. The molecule has 0 aliphatic rings. The van der Waals surface area contributed by atoms with Crippen molar-refractivity contribution in [1.82, 2.24) is 0 Å². The predicted octanol–water partition coefficient (Wildman–Crippen LogP) is 1.76. The summed E-state index contributed by atoms with van der Waals surface area (Å²) in [4.78, 5) is 20.8. The van der Waals surface area contributed by atoms with E-state index in [4.69, 9.17) is 34.8 Å². The van der Waals surface area contributed by atoms with Gasteiger partial charge in [-0.2, -0.15) is 0 Å². The molecule has 0 aromatic carbocycles. The van der Waals surface area contributed by atoms with Crippen LogP contribution in [0.25, 0.3) is 0 Å². The smallest absolute Gasteiger partial charge is 0.249 e. The standard InChI is InChI=1S/C5H5Cl3O2/c1-3(2-9)4(10)5(6,7)8/h2-3H,1H3. The predicted molar refractivity (Wildman–Crippen MR) is 40.5 cm³/mol. The lowest BCUT2D eigenvalue weighted by Gasteiger charge is -2.10. The van der Waals surface area contributed by atoms with Gasteiger partial charge in [0.15, 0.2) is 5.78 Å². The highest BCUT2D eigenvalue weighted by molar-refractivity contribution is 6.76. The molecule has 0 aromatic heterocycles. The quantitative estimate of drug-likeness (QED) is 0.389. The molecule has 2 nitrogen and oxygen atoms in total. The Hall–Kier alpha value is 0.210. The third-order valence-electron chi connectivity index (χ3n) is 0.897. The summed E-state index contributed by atoms with van der Waals surface area (Å²) in [6.07, 6.45) is 0.435. The summed E-state index contributed by atoms with van der Waals surface area (Å²) in [5.41, 5.74) is 0. The van der Waals surface area contributed by atoms with Gasteiger partial charge in [0.2, 0.25) is 3.79 Å². The molecule has 0 N–H and O–H groups in total. The van der Waals surface area contributed by atoms with Crippen molar-refractivity contribution >= 4 is 46.9 Å². The molecular weight excluding hydrogens is 198 g/mol. The zero-order valence-corrected chi connectivity index (χ0v) is 7.37. The fraction of sp³-hybridized carbons (Fsp3) is 0.600. The average Bonchev–Trinajstić information content (AvgIpc) is 1.83. The fourth-order valence-corrected chi connectivity index (χ4v) is 0.836. The Morgan fingerprint density at radius 2 is 1.90 bits per heavy atom. The second-order valence-corrected chi connectivity index (χ2v) is 4.07. The van der Waals surface area contributed by atoms with E-state index in [2.05, 4.69) is 0 Å². The first-order valence-electron chi connectivity index (χ1n) is 2.46. The highest BCUT2D eigenvalue weighted by Crippen LogP contribution is 2.29. The second kappa shape index (κ2) is 3.56. The van der Waals surface area contributed by atoms with E-state index in [1.54, 1.807) is 0 Å². The van der Waals surface area contributed by atoms with Crippen molar-refractivity contribution in [2.75, 3.05) is 0 Å². The first kappa shape index (κ1) is 10.2. The van der Waals surface area contributed by atoms with Gasteiger partial charge in [-0.25, -0.2) is 0 Å². The van der Waals surface area contributed by atoms with E-state index in [1.165, 1.54) is 6.92 Å². The lowest BCUT2D eigenvalue weighted by molar-refractivity contribution is -0.125. The van der Waals surface area contributed by atoms with Crippen molar-refractivity contribution in [3.63, 3.8) is 0 Å². The van der Waals surface area contributed by atoms with Gasteiger partial charge >= 0.3 is 0 Å². The van der Waals surface area contributed by atoms with Gasteiger partial charge < -0.3 is 4.79 Å². The van der Waals surface area contributed by atoms with Crippen molar-refractivity contribution in [2.24, 2.45) is 5.92 Å². The van der Waals surface area contributed by atoms with Crippen molar-refractivity contribution in [3.05, 3.63) is 0 Å². The van der Waals surface area contributed by atoms with Gasteiger partial charge in [0.1, 0.15) is 6.29 Å². The zero-order chi connectivity index (χ0) is 8.36. The third-order valence-corrected chi connectivity index (χ3v) is 1.46. The minimum atomic E-state index is -1.97. The molecule has 0 aromatic rings. The van der Waals surface area contributed by atoms with Gasteiger partial charge in [-0.1, -0.05) is 34.8 Å². The van der Waals surface area contributed by atoms with E-state index in [9.17, 15) is 9.59 Å². The van der Waals surface area contributed by atoms with Gasteiger partial charge in [0, 0.05) is 0 Å². The summed E-state index contributed by atoms with van der Waals surface area (Å²) in [6, 6.07) is 0. The molecule has 10 heavy (non-hydrogen) atoms. The van der Waals surface area contributed by atoms with Gasteiger partial charge in [0.25, 0.3) is 0 Å². The summed E-state index contributed by atoms with van der Waals surface area (Å²) in [5, 5.41) is 0. The number of alkyl halides is 3. The third kappa shape index (κ3) is 2.86. The molecule has 0 rings (SSSR count). The molecule has 0 spiro atoms. The highest BCUT2D eigenvalue weighted by atomic mass is 35.6. The largest absolute Gasteiger partial charge is 0.303 e. The van der Waals surface area contributed by atoms with Gasteiger partial charge in [-0.3, -0.25) is 4.79 Å². The number of aldehydes is 1. The molecule has 5 heteroatoms. The maximum atomic E-state index is 10.8. The summed E-state index contributed by atoms with van der Waals surface area (Å²) >= 11 is 15.5. The Kier molecular flexibility index (Phi) is 3.63. The fourth-order valence-electron chi connectivity index (χ4n) is 0.320. The molecule has 1 atom stereocenters. The summed E-state index contributed by atoms with van der Waals surface area (Å²) < 4.78 is -1.97. The molecule has 1 unspecified atom stereocenters. The molecule has 0 saturated heterocycles. The van der Waals surface area contributed by atoms with Crippen molar-refractivity contribution in [1.29, 1.82) is 0 Å². The van der Waals surface area contributed by atoms with E-state index < -0.39 is 15.5 Å². The molecule has 0 bridgehead atoms. The number of hydrogen-bond acceptors (Lipinski definition) is 2. The molecule has 0 aliphatic heterocycles. The summed E-state index contributed by atoms with van der Waals surface area (Å²) in [6.45, 7) is 1.37. The Labute approximate surface area is 73.4 Å². The lowest BCUT2D eigenvalue weighted by atomic mass is 10.1. The SMILES string of the molecule is CC(C=O)C(=O)C(Cl)(Cl)Cl. The van der Waals surface area contributed by atoms with Gasteiger partial charge in [-0.05, 0) is 6.92 Å². The van der Waals surface area contributed by atoms with Gasteiger partial charge in [0.05, 0.1) is 5.92 Å². The molecule has 0 amide bonds. The number of Topliss-reactive ketones (excluding diaryl/α,β-unsaturated/α-hetero) is 1. The van der Waals surface area contributed by atoms with Crippen LogP contribution in [0.5, 0.6) is 0 Å². The topological polar surface area (TPSA) is 34.1 Å². The summed E-state index contributed by atoms with van der Waals surface area (Å²) in [5.74, 6) is -1.56. The van der Waals surface area contributed by atoms with Crippen molar-refractivity contribution in [2.45, 2.75) is 10.7 Å². The Balaban J connectivity index is 4.22. The number of hydrogen-bond donors (Lipinski definition) is 0. The van der Waals surface area contributed by atoms with Crippen LogP contribution >= 0.6 is 34.8 Å².